The second kappa shape index (κ2) is 26.2. The van der Waals surface area contributed by atoms with Gasteiger partial charge in [0, 0.05) is 74.3 Å². The van der Waals surface area contributed by atoms with E-state index in [9.17, 15) is 37.5 Å². The molecule has 5 N–H and O–H groups in total. The quantitative estimate of drug-likeness (QED) is 0.0356. The number of likely N-dealkylation sites (tertiary alicyclic amines) is 2. The number of amides is 3. The highest BCUT2D eigenvalue weighted by atomic mass is 19.4. The van der Waals surface area contributed by atoms with Crippen molar-refractivity contribution in [2.75, 3.05) is 77.3 Å². The van der Waals surface area contributed by atoms with Gasteiger partial charge in [0.1, 0.15) is 17.8 Å². The first-order valence-corrected chi connectivity index (χ1v) is 27.7. The van der Waals surface area contributed by atoms with Gasteiger partial charge < -0.3 is 50.2 Å². The molecule has 82 heavy (non-hydrogen) atoms. The van der Waals surface area contributed by atoms with E-state index in [-0.39, 0.29) is 92.3 Å². The highest BCUT2D eigenvalue weighted by molar-refractivity contribution is 5.96. The summed E-state index contributed by atoms with van der Waals surface area (Å²) < 4.78 is 56.8. The number of nitrogens with zero attached hydrogens (tertiary/aromatic N) is 7. The third kappa shape index (κ3) is 14.6. The van der Waals surface area contributed by atoms with E-state index in [4.69, 9.17) is 9.47 Å². The number of methoxy groups -OCH3 is 1. The zero-order chi connectivity index (χ0) is 58.0. The summed E-state index contributed by atoms with van der Waals surface area (Å²) in [5, 5.41) is 29.1. The predicted molar refractivity (Wildman–Crippen MR) is 309 cm³/mol. The number of rotatable bonds is 21. The van der Waals surface area contributed by atoms with Gasteiger partial charge in [0.15, 0.2) is 5.52 Å². The summed E-state index contributed by atoms with van der Waals surface area (Å²) in [7, 11) is 5.28. The number of hydrogen-bond donors (Lipinski definition) is 5. The number of anilines is 2. The van der Waals surface area contributed by atoms with E-state index in [0.29, 0.717) is 71.5 Å². The van der Waals surface area contributed by atoms with E-state index in [1.807, 2.05) is 67.6 Å². The third-order valence-corrected chi connectivity index (χ3v) is 15.3. The maximum atomic E-state index is 13.8. The number of carbonyl (C=O) groups excluding carboxylic acids is 3. The van der Waals surface area contributed by atoms with Gasteiger partial charge in [-0.1, -0.05) is 73.5 Å². The number of nitrogens with one attached hydrogen (secondary N) is 4. The van der Waals surface area contributed by atoms with Gasteiger partial charge in [-0.15, -0.1) is 0 Å². The van der Waals surface area contributed by atoms with Crippen molar-refractivity contribution in [3.8, 4) is 28.8 Å². The molecule has 2 aliphatic rings. The molecule has 9 rings (SSSR count). The Kier molecular flexibility index (Phi) is 18.6. The summed E-state index contributed by atoms with van der Waals surface area (Å²) in [5.74, 6) is 5.81. The summed E-state index contributed by atoms with van der Waals surface area (Å²) in [4.78, 5) is 61.3. The van der Waals surface area contributed by atoms with Crippen molar-refractivity contribution in [2.45, 2.75) is 88.8 Å². The molecule has 1 unspecified atom stereocenters. The molecule has 4 aromatic carbocycles. The lowest BCUT2D eigenvalue weighted by molar-refractivity contribution is -0.140. The number of alkyl halides is 3. The Morgan fingerprint density at radius 3 is 2.38 bits per heavy atom. The summed E-state index contributed by atoms with van der Waals surface area (Å²) in [6.07, 6.45) is 0.00738. The molecule has 0 aliphatic carbocycles. The molecule has 1 atom stereocenters. The van der Waals surface area contributed by atoms with E-state index < -0.39 is 18.3 Å². The van der Waals surface area contributed by atoms with Gasteiger partial charge in [-0.3, -0.25) is 28.4 Å². The molecule has 2 saturated heterocycles. The third-order valence-electron chi connectivity index (χ3n) is 15.3. The van der Waals surface area contributed by atoms with Crippen LogP contribution in [0.15, 0.2) is 108 Å². The summed E-state index contributed by atoms with van der Waals surface area (Å²) in [5.41, 5.74) is 4.76. The highest BCUT2D eigenvalue weighted by Crippen LogP contribution is 2.33. The van der Waals surface area contributed by atoms with Crippen LogP contribution in [0.2, 0.25) is 0 Å². The fourth-order valence-electron chi connectivity index (χ4n) is 10.6. The average Bonchev–Trinajstić information content (AvgIpc) is 3.82. The standard InChI is InChI=1S/C61H70F3N11O7/c1-41(43-10-6-5-7-11-43)34-54(77)73-30-24-60(80,25-31-73)38-74-40-68-55-56(59(74)79)70-72(3)57(55)44-17-15-42(16-18-44)37-67-53(76)23-32-82-33-27-66-58(78)45-19-20-50(52(35-45)81-4)65-26-9-12-47-36-48-49(69-46-21-28-71(2)29-22-46)13-8-14-51(48)75(47)39-61(62,63)64/h5-8,10-11,13-20,35-36,40-41,46,65,69,80H,21-34,37-39H2,1-4H3,(H,66,78)(H,67,76). The van der Waals surface area contributed by atoms with Crippen LogP contribution in [0.25, 0.3) is 33.2 Å². The molecule has 7 aromatic rings. The maximum absolute atomic E-state index is 13.8. The fraction of sp³-hybridized carbons (Fsp3) is 0.410. The molecule has 2 fully saturated rings. The molecule has 0 saturated carbocycles. The average molecular weight is 1130 g/mol. The Balaban J connectivity index is 0.690. The Hall–Kier alpha value is -8.19. The molecule has 18 nitrogen and oxygen atoms in total. The predicted octanol–water partition coefficient (Wildman–Crippen LogP) is 7.29. The number of fused-ring (bicyclic) bond motifs is 2. The van der Waals surface area contributed by atoms with Crippen LogP contribution in [0.4, 0.5) is 24.5 Å². The van der Waals surface area contributed by atoms with Crippen LogP contribution < -0.4 is 31.6 Å². The summed E-state index contributed by atoms with van der Waals surface area (Å²) in [6, 6.07) is 29.5. The lowest BCUT2D eigenvalue weighted by Gasteiger charge is -2.38. The number of aliphatic hydroxyl groups is 1. The number of carbonyl (C=O) groups is 3. The van der Waals surface area contributed by atoms with Crippen LogP contribution >= 0.6 is 0 Å². The molecule has 3 amide bonds. The Bertz CT molecular complexity index is 3500. The van der Waals surface area contributed by atoms with Crippen LogP contribution in [0.1, 0.15) is 78.5 Å². The first-order chi connectivity index (χ1) is 39.4. The number of ether oxygens (including phenoxy) is 2. The largest absolute Gasteiger partial charge is 0.495 e. The maximum Gasteiger partial charge on any atom is 0.406 e. The number of hydrogen-bond acceptors (Lipinski definition) is 12. The molecule has 21 heteroatoms. The number of aryl methyl sites for hydroxylation is 1. The second-order valence-electron chi connectivity index (χ2n) is 21.3. The van der Waals surface area contributed by atoms with Gasteiger partial charge in [-0.05, 0) is 105 Å². The second-order valence-corrected chi connectivity index (χ2v) is 21.3. The SMILES string of the molecule is COc1cc(C(=O)NCCOCCC(=O)NCc2ccc(-c3c4ncn(CC5(O)CCN(C(=O)CC(C)c6ccccc6)CC5)c(=O)c4nn3C)cc2)ccc1NCC#Cc1cc2c(NC3CCN(C)CC3)cccc2n1CC(F)(F)F. The fourth-order valence-corrected chi connectivity index (χ4v) is 10.6. The zero-order valence-corrected chi connectivity index (χ0v) is 46.7. The van der Waals surface area contributed by atoms with Crippen LogP contribution in [0, 0.1) is 11.8 Å². The van der Waals surface area contributed by atoms with Gasteiger partial charge in [0.05, 0.1) is 67.9 Å². The minimum atomic E-state index is -4.45. The number of piperidine rings is 2. The van der Waals surface area contributed by atoms with E-state index in [1.54, 1.807) is 53.0 Å². The minimum Gasteiger partial charge on any atom is -0.495 e. The molecule has 3 aromatic heterocycles. The van der Waals surface area contributed by atoms with Crippen LogP contribution in [-0.2, 0) is 41.0 Å². The number of halogens is 3. The first-order valence-electron chi connectivity index (χ1n) is 27.7. The van der Waals surface area contributed by atoms with Crippen molar-refractivity contribution in [3.05, 3.63) is 136 Å². The molecular formula is C61H70F3N11O7. The van der Waals surface area contributed by atoms with Crippen LogP contribution in [0.5, 0.6) is 5.75 Å². The molecule has 432 valence electrons. The summed E-state index contributed by atoms with van der Waals surface area (Å²) >= 11 is 0. The topological polar surface area (TPSA) is 202 Å². The van der Waals surface area contributed by atoms with Gasteiger partial charge in [0.2, 0.25) is 11.8 Å². The number of aromatic nitrogens is 5. The zero-order valence-electron chi connectivity index (χ0n) is 46.7. The van der Waals surface area contributed by atoms with Gasteiger partial charge in [0.25, 0.3) is 11.5 Å². The van der Waals surface area contributed by atoms with Crippen molar-refractivity contribution >= 4 is 51.0 Å². The number of benzene rings is 4. The molecule has 2 aliphatic heterocycles. The molecule has 0 radical (unpaired) electrons. The Morgan fingerprint density at radius 1 is 0.890 bits per heavy atom. The van der Waals surface area contributed by atoms with Crippen LogP contribution in [-0.4, -0.2) is 141 Å². The van der Waals surface area contributed by atoms with E-state index in [2.05, 4.69) is 55.1 Å². The minimum absolute atomic E-state index is 0.0285. The van der Waals surface area contributed by atoms with E-state index in [0.717, 1.165) is 48.3 Å². The van der Waals surface area contributed by atoms with Crippen molar-refractivity contribution in [2.24, 2.45) is 7.05 Å². The van der Waals surface area contributed by atoms with Gasteiger partial charge >= 0.3 is 6.18 Å². The van der Waals surface area contributed by atoms with Crippen molar-refractivity contribution < 1.29 is 42.1 Å². The van der Waals surface area contributed by atoms with Crippen molar-refractivity contribution in [1.82, 2.24) is 44.3 Å². The monoisotopic (exact) mass is 1130 g/mol. The van der Waals surface area contributed by atoms with E-state index >= 15 is 0 Å². The smallest absolute Gasteiger partial charge is 0.406 e. The first kappa shape index (κ1) is 58.5. The van der Waals surface area contributed by atoms with E-state index in [1.165, 1.54) is 22.6 Å². The van der Waals surface area contributed by atoms with Gasteiger partial charge in [-0.25, -0.2) is 4.98 Å². The van der Waals surface area contributed by atoms with Crippen molar-refractivity contribution in [3.63, 3.8) is 0 Å². The molecule has 0 spiro atoms. The van der Waals surface area contributed by atoms with Crippen molar-refractivity contribution in [1.29, 1.82) is 0 Å². The van der Waals surface area contributed by atoms with Crippen LogP contribution in [0.3, 0.4) is 0 Å². The van der Waals surface area contributed by atoms with Gasteiger partial charge in [-0.2, -0.15) is 18.3 Å². The molecular weight excluding hydrogens is 1060 g/mol. The molecule has 0 bridgehead atoms. The lowest BCUT2D eigenvalue weighted by atomic mass is 9.90. The Morgan fingerprint density at radius 2 is 1.65 bits per heavy atom. The highest BCUT2D eigenvalue weighted by Gasteiger charge is 2.36. The Labute approximate surface area is 474 Å². The lowest BCUT2D eigenvalue weighted by Crippen LogP contribution is -2.49. The summed E-state index contributed by atoms with van der Waals surface area (Å²) in [6.45, 7) is 4.41. The normalized spacial score (nSPS) is 15.2. The molecule has 5 heterocycles.